The molecule has 1 aliphatic heterocycles. The van der Waals surface area contributed by atoms with Gasteiger partial charge in [-0.05, 0) is 18.2 Å². The molecule has 0 fully saturated rings. The number of carbonyl (C=O) groups is 1. The number of aromatic carboxylic acids is 1. The minimum absolute atomic E-state index is 0.220. The van der Waals surface area contributed by atoms with Gasteiger partial charge in [0.05, 0.1) is 5.56 Å². The maximum Gasteiger partial charge on any atom is 0.337 e. The first-order chi connectivity index (χ1) is 9.75. The van der Waals surface area contributed by atoms with Gasteiger partial charge in [0.15, 0.2) is 11.5 Å². The molecule has 2 N–H and O–H groups in total. The number of fused-ring (bicyclic) bond motifs is 1. The average Bonchev–Trinajstić information content (AvgIpc) is 2.94. The van der Waals surface area contributed by atoms with Crippen LogP contribution in [0.25, 0.3) is 0 Å². The largest absolute Gasteiger partial charge is 0.478 e. The average molecular weight is 271 g/mol. The first-order valence-electron chi connectivity index (χ1n) is 6.19. The van der Waals surface area contributed by atoms with Crippen LogP contribution in [0.2, 0.25) is 0 Å². The van der Waals surface area contributed by atoms with Gasteiger partial charge in [-0.2, -0.15) is 0 Å². The van der Waals surface area contributed by atoms with Crippen molar-refractivity contribution in [2.45, 2.75) is 6.54 Å². The van der Waals surface area contributed by atoms with Gasteiger partial charge >= 0.3 is 5.97 Å². The van der Waals surface area contributed by atoms with E-state index in [4.69, 9.17) is 14.6 Å². The molecule has 2 aromatic carbocycles. The Morgan fingerprint density at radius 2 is 2.00 bits per heavy atom. The number of nitrogens with one attached hydrogen (secondary N) is 1. The number of hydrogen-bond donors (Lipinski definition) is 2. The molecule has 0 unspecified atom stereocenters. The highest BCUT2D eigenvalue weighted by atomic mass is 16.7. The maximum atomic E-state index is 11.1. The predicted molar refractivity (Wildman–Crippen MR) is 73.3 cm³/mol. The molecular formula is C15H13NO4. The first kappa shape index (κ1) is 12.3. The molecule has 102 valence electrons. The summed E-state index contributed by atoms with van der Waals surface area (Å²) in [6, 6.07) is 12.5. The van der Waals surface area contributed by atoms with Crippen molar-refractivity contribution in [3.05, 3.63) is 53.6 Å². The van der Waals surface area contributed by atoms with Crippen LogP contribution in [-0.2, 0) is 6.54 Å². The van der Waals surface area contributed by atoms with Gasteiger partial charge in [-0.1, -0.05) is 24.3 Å². The van der Waals surface area contributed by atoms with Crippen molar-refractivity contribution in [2.24, 2.45) is 0 Å². The molecule has 0 bridgehead atoms. The van der Waals surface area contributed by atoms with Crippen molar-refractivity contribution < 1.29 is 19.4 Å². The Hall–Kier alpha value is -2.69. The molecule has 0 radical (unpaired) electrons. The number of hydrogen-bond acceptors (Lipinski definition) is 4. The van der Waals surface area contributed by atoms with E-state index in [-0.39, 0.29) is 12.4 Å². The number of carboxylic acid groups (broad SMARTS) is 1. The molecule has 0 aromatic heterocycles. The Morgan fingerprint density at radius 3 is 2.85 bits per heavy atom. The fourth-order valence-electron chi connectivity index (χ4n) is 2.14. The molecule has 3 rings (SSSR count). The third-order valence-corrected chi connectivity index (χ3v) is 3.10. The molecule has 1 aliphatic rings. The lowest BCUT2D eigenvalue weighted by Crippen LogP contribution is -2.06. The number of rotatable bonds is 4. The summed E-state index contributed by atoms with van der Waals surface area (Å²) in [6.45, 7) is 0.689. The van der Waals surface area contributed by atoms with Gasteiger partial charge in [0.1, 0.15) is 0 Å². The smallest absolute Gasteiger partial charge is 0.337 e. The van der Waals surface area contributed by atoms with E-state index in [1.807, 2.05) is 18.2 Å². The highest BCUT2D eigenvalue weighted by Gasteiger charge is 2.17. The van der Waals surface area contributed by atoms with Gasteiger partial charge in [-0.3, -0.25) is 0 Å². The number of ether oxygens (including phenoxy) is 2. The van der Waals surface area contributed by atoms with Crippen LogP contribution in [0.15, 0.2) is 42.5 Å². The van der Waals surface area contributed by atoms with Gasteiger partial charge in [-0.15, -0.1) is 0 Å². The minimum Gasteiger partial charge on any atom is -0.478 e. The van der Waals surface area contributed by atoms with Crippen molar-refractivity contribution in [3.63, 3.8) is 0 Å². The maximum absolute atomic E-state index is 11.1. The normalized spacial score (nSPS) is 12.2. The van der Waals surface area contributed by atoms with Gasteiger partial charge in [0, 0.05) is 17.8 Å². The van der Waals surface area contributed by atoms with Crippen LogP contribution in [0.3, 0.4) is 0 Å². The Morgan fingerprint density at radius 1 is 1.15 bits per heavy atom. The Kier molecular flexibility index (Phi) is 3.16. The lowest BCUT2D eigenvalue weighted by Gasteiger charge is -2.11. The van der Waals surface area contributed by atoms with E-state index >= 15 is 0 Å². The summed E-state index contributed by atoms with van der Waals surface area (Å²) in [5, 5.41) is 12.3. The second-order valence-corrected chi connectivity index (χ2v) is 4.36. The van der Waals surface area contributed by atoms with Crippen LogP contribution < -0.4 is 14.8 Å². The molecule has 0 saturated carbocycles. The van der Waals surface area contributed by atoms with E-state index in [0.717, 1.165) is 11.3 Å². The second-order valence-electron chi connectivity index (χ2n) is 4.36. The Labute approximate surface area is 115 Å². The Balaban J connectivity index is 1.81. The molecule has 2 aromatic rings. The highest BCUT2D eigenvalue weighted by molar-refractivity contribution is 5.94. The monoisotopic (exact) mass is 271 g/mol. The fraction of sp³-hybridized carbons (Fsp3) is 0.133. The van der Waals surface area contributed by atoms with Crippen LogP contribution in [0.1, 0.15) is 15.9 Å². The molecule has 0 spiro atoms. The molecule has 5 nitrogen and oxygen atoms in total. The summed E-state index contributed by atoms with van der Waals surface area (Å²) in [5.74, 6) is 0.481. The number of carboxylic acids is 1. The summed E-state index contributed by atoms with van der Waals surface area (Å²) < 4.78 is 10.7. The van der Waals surface area contributed by atoms with Gasteiger partial charge in [0.25, 0.3) is 0 Å². The highest BCUT2D eigenvalue weighted by Crippen LogP contribution is 2.35. The zero-order chi connectivity index (χ0) is 13.9. The topological polar surface area (TPSA) is 67.8 Å². The SMILES string of the molecule is O=C(O)c1ccccc1NCc1cccc2c1OCO2. The van der Waals surface area contributed by atoms with Crippen molar-refractivity contribution in [2.75, 3.05) is 12.1 Å². The molecule has 20 heavy (non-hydrogen) atoms. The summed E-state index contributed by atoms with van der Waals surface area (Å²) in [7, 11) is 0. The van der Waals surface area contributed by atoms with Crippen molar-refractivity contribution in [1.82, 2.24) is 0 Å². The molecular weight excluding hydrogens is 258 g/mol. The molecule has 0 saturated heterocycles. The molecule has 0 atom stereocenters. The fourth-order valence-corrected chi connectivity index (χ4v) is 2.14. The van der Waals surface area contributed by atoms with E-state index in [9.17, 15) is 4.79 Å². The lowest BCUT2D eigenvalue weighted by atomic mass is 10.1. The van der Waals surface area contributed by atoms with Crippen LogP contribution in [0.4, 0.5) is 5.69 Å². The Bertz CT molecular complexity index is 654. The van der Waals surface area contributed by atoms with Crippen LogP contribution in [0, 0.1) is 0 Å². The standard InChI is InChI=1S/C15H13NO4/c17-15(18)11-5-1-2-6-12(11)16-8-10-4-3-7-13-14(10)20-9-19-13/h1-7,16H,8-9H2,(H,17,18). The molecule has 0 aliphatic carbocycles. The van der Waals surface area contributed by atoms with Crippen LogP contribution in [0.5, 0.6) is 11.5 Å². The second kappa shape index (κ2) is 5.13. The van der Waals surface area contributed by atoms with Gasteiger partial charge < -0.3 is 19.9 Å². The molecule has 0 amide bonds. The van der Waals surface area contributed by atoms with Crippen molar-refractivity contribution >= 4 is 11.7 Å². The van der Waals surface area contributed by atoms with Crippen LogP contribution in [-0.4, -0.2) is 17.9 Å². The number of benzene rings is 2. The van der Waals surface area contributed by atoms with Crippen molar-refractivity contribution in [3.8, 4) is 11.5 Å². The third kappa shape index (κ3) is 2.25. The first-order valence-corrected chi connectivity index (χ1v) is 6.19. The summed E-state index contributed by atoms with van der Waals surface area (Å²) >= 11 is 0. The zero-order valence-corrected chi connectivity index (χ0v) is 10.6. The van der Waals surface area contributed by atoms with Gasteiger partial charge in [-0.25, -0.2) is 4.79 Å². The van der Waals surface area contributed by atoms with E-state index < -0.39 is 5.97 Å². The van der Waals surface area contributed by atoms with E-state index in [1.165, 1.54) is 0 Å². The van der Waals surface area contributed by atoms with Crippen molar-refractivity contribution in [1.29, 1.82) is 0 Å². The van der Waals surface area contributed by atoms with Gasteiger partial charge in [0.2, 0.25) is 6.79 Å². The van der Waals surface area contributed by atoms with Crippen LogP contribution >= 0.6 is 0 Å². The summed E-state index contributed by atoms with van der Waals surface area (Å²) in [4.78, 5) is 11.1. The summed E-state index contributed by atoms with van der Waals surface area (Å²) in [5.41, 5.74) is 1.76. The lowest BCUT2D eigenvalue weighted by molar-refractivity contribution is 0.0698. The van der Waals surface area contributed by atoms with E-state index in [2.05, 4.69) is 5.32 Å². The summed E-state index contributed by atoms with van der Waals surface area (Å²) in [6.07, 6.45) is 0. The van der Waals surface area contributed by atoms with E-state index in [1.54, 1.807) is 24.3 Å². The third-order valence-electron chi connectivity index (χ3n) is 3.10. The number of para-hydroxylation sites is 2. The zero-order valence-electron chi connectivity index (χ0n) is 10.6. The number of anilines is 1. The molecule has 1 heterocycles. The molecule has 5 heteroatoms. The minimum atomic E-state index is -0.953. The van der Waals surface area contributed by atoms with E-state index in [0.29, 0.717) is 18.0 Å². The predicted octanol–water partition coefficient (Wildman–Crippen LogP) is 2.73. The quantitative estimate of drug-likeness (QED) is 0.895.